The Bertz CT molecular complexity index is 901. The molecule has 2 heterocycles. The third kappa shape index (κ3) is 5.29. The van der Waals surface area contributed by atoms with E-state index < -0.39 is 10.0 Å². The number of thiophene rings is 1. The minimum Gasteiger partial charge on any atom is -0.379 e. The fourth-order valence-electron chi connectivity index (χ4n) is 2.87. The zero-order chi connectivity index (χ0) is 19.4. The van der Waals surface area contributed by atoms with E-state index in [9.17, 15) is 13.2 Å². The second-order valence-corrected chi connectivity index (χ2v) is 9.51. The minimum absolute atomic E-state index is 0.102. The second kappa shape index (κ2) is 8.39. The van der Waals surface area contributed by atoms with Crippen LogP contribution in [0.1, 0.15) is 9.75 Å². The lowest BCUT2D eigenvalue weighted by molar-refractivity contribution is -0.118. The van der Waals surface area contributed by atoms with Gasteiger partial charge in [-0.2, -0.15) is 0 Å². The summed E-state index contributed by atoms with van der Waals surface area (Å²) < 4.78 is 32.9. The third-order valence-electron chi connectivity index (χ3n) is 4.18. The highest BCUT2D eigenvalue weighted by molar-refractivity contribution is 7.93. The molecule has 9 heteroatoms. The number of sulfonamides is 1. The summed E-state index contributed by atoms with van der Waals surface area (Å²) in [5.74, 6) is -0.102. The number of carbonyl (C=O) groups excluding carboxylic acids is 1. The molecule has 0 spiro atoms. The van der Waals surface area contributed by atoms with Gasteiger partial charge in [0.2, 0.25) is 5.91 Å². The highest BCUT2D eigenvalue weighted by Crippen LogP contribution is 2.27. The lowest BCUT2D eigenvalue weighted by atomic mass is 10.3. The Kier molecular flexibility index (Phi) is 6.15. The van der Waals surface area contributed by atoms with E-state index in [1.807, 2.05) is 11.8 Å². The van der Waals surface area contributed by atoms with Crippen LogP contribution in [0.15, 0.2) is 35.2 Å². The fourth-order valence-corrected chi connectivity index (χ4v) is 5.48. The number of aryl methyl sites for hydroxylation is 2. The average molecular weight is 410 g/mol. The van der Waals surface area contributed by atoms with Crippen LogP contribution >= 0.6 is 11.3 Å². The van der Waals surface area contributed by atoms with Crippen LogP contribution in [-0.2, 0) is 19.6 Å². The zero-order valence-electron chi connectivity index (χ0n) is 15.3. The molecule has 0 saturated carbocycles. The first-order valence-electron chi connectivity index (χ1n) is 8.63. The van der Waals surface area contributed by atoms with E-state index in [1.165, 1.54) is 11.3 Å². The van der Waals surface area contributed by atoms with Crippen molar-refractivity contribution in [3.05, 3.63) is 40.1 Å². The second-order valence-electron chi connectivity index (χ2n) is 6.40. The monoisotopic (exact) mass is 409 g/mol. The maximum atomic E-state index is 12.5. The van der Waals surface area contributed by atoms with Gasteiger partial charge in [0.15, 0.2) is 0 Å². The van der Waals surface area contributed by atoms with Gasteiger partial charge in [0.1, 0.15) is 4.90 Å². The summed E-state index contributed by atoms with van der Waals surface area (Å²) in [5, 5.41) is 2.83. The van der Waals surface area contributed by atoms with E-state index in [0.29, 0.717) is 36.0 Å². The minimum atomic E-state index is -3.62. The average Bonchev–Trinajstić information content (AvgIpc) is 2.96. The van der Waals surface area contributed by atoms with Crippen molar-refractivity contribution in [1.29, 1.82) is 0 Å². The molecule has 1 aromatic carbocycles. The molecule has 0 unspecified atom stereocenters. The van der Waals surface area contributed by atoms with Gasteiger partial charge >= 0.3 is 0 Å². The van der Waals surface area contributed by atoms with Crippen molar-refractivity contribution in [1.82, 2.24) is 4.90 Å². The third-order valence-corrected chi connectivity index (χ3v) is 6.78. The van der Waals surface area contributed by atoms with Crippen LogP contribution in [0.4, 0.5) is 11.4 Å². The Morgan fingerprint density at radius 1 is 1.15 bits per heavy atom. The predicted molar refractivity (Wildman–Crippen MR) is 107 cm³/mol. The summed E-state index contributed by atoms with van der Waals surface area (Å²) in [6.45, 7) is 6.76. The van der Waals surface area contributed by atoms with Crippen molar-refractivity contribution in [3.63, 3.8) is 0 Å². The molecule has 1 aromatic heterocycles. The molecule has 2 aromatic rings. The quantitative estimate of drug-likeness (QED) is 0.765. The molecular weight excluding hydrogens is 386 g/mol. The van der Waals surface area contributed by atoms with Crippen molar-refractivity contribution in [2.75, 3.05) is 42.9 Å². The van der Waals surface area contributed by atoms with Crippen LogP contribution < -0.4 is 10.0 Å². The Hall–Kier alpha value is -1.94. The largest absolute Gasteiger partial charge is 0.379 e. The maximum absolute atomic E-state index is 12.5. The maximum Gasteiger partial charge on any atom is 0.262 e. The summed E-state index contributed by atoms with van der Waals surface area (Å²) in [5.41, 5.74) is 1.07. The Balaban J connectivity index is 1.60. The molecule has 1 aliphatic heterocycles. The van der Waals surface area contributed by atoms with Gasteiger partial charge in [-0.25, -0.2) is 8.42 Å². The summed E-state index contributed by atoms with van der Waals surface area (Å²) >= 11 is 1.45. The van der Waals surface area contributed by atoms with Crippen molar-refractivity contribution >= 4 is 38.6 Å². The number of ether oxygens (including phenoxy) is 1. The number of morpholine rings is 1. The van der Waals surface area contributed by atoms with E-state index in [-0.39, 0.29) is 5.91 Å². The van der Waals surface area contributed by atoms with Crippen molar-refractivity contribution in [2.45, 2.75) is 18.7 Å². The van der Waals surface area contributed by atoms with Gasteiger partial charge in [0.25, 0.3) is 10.0 Å². The van der Waals surface area contributed by atoms with Gasteiger partial charge in [0.05, 0.1) is 19.8 Å². The first kappa shape index (κ1) is 19.8. The molecule has 0 bridgehead atoms. The van der Waals surface area contributed by atoms with Crippen LogP contribution in [0.5, 0.6) is 0 Å². The van der Waals surface area contributed by atoms with Gasteiger partial charge in [-0.1, -0.05) is 0 Å². The summed E-state index contributed by atoms with van der Waals surface area (Å²) in [7, 11) is -3.62. The van der Waals surface area contributed by atoms with Crippen LogP contribution in [0.3, 0.4) is 0 Å². The van der Waals surface area contributed by atoms with E-state index in [0.717, 1.165) is 22.8 Å². The summed E-state index contributed by atoms with van der Waals surface area (Å²) in [4.78, 5) is 16.2. The van der Waals surface area contributed by atoms with Gasteiger partial charge < -0.3 is 10.1 Å². The van der Waals surface area contributed by atoms with Crippen molar-refractivity contribution < 1.29 is 17.9 Å². The number of nitrogens with one attached hydrogen (secondary N) is 2. The molecule has 0 aliphatic carbocycles. The first-order valence-corrected chi connectivity index (χ1v) is 10.9. The molecule has 1 fully saturated rings. The highest BCUT2D eigenvalue weighted by Gasteiger charge is 2.19. The molecule has 146 valence electrons. The Labute approximate surface area is 163 Å². The van der Waals surface area contributed by atoms with E-state index >= 15 is 0 Å². The Morgan fingerprint density at radius 3 is 2.37 bits per heavy atom. The van der Waals surface area contributed by atoms with Gasteiger partial charge in [-0.05, 0) is 44.2 Å². The van der Waals surface area contributed by atoms with E-state index in [2.05, 4.69) is 10.0 Å². The number of carbonyl (C=O) groups is 1. The zero-order valence-corrected chi connectivity index (χ0v) is 17.0. The lowest BCUT2D eigenvalue weighted by Gasteiger charge is -2.25. The van der Waals surface area contributed by atoms with Crippen LogP contribution in [0.2, 0.25) is 0 Å². The normalized spacial score (nSPS) is 15.5. The molecule has 0 radical (unpaired) electrons. The van der Waals surface area contributed by atoms with Gasteiger partial charge in [-0.15, -0.1) is 11.3 Å². The summed E-state index contributed by atoms with van der Waals surface area (Å²) in [6, 6.07) is 8.30. The molecule has 3 rings (SSSR count). The summed E-state index contributed by atoms with van der Waals surface area (Å²) in [6.07, 6.45) is 0. The number of amides is 1. The van der Waals surface area contributed by atoms with Crippen LogP contribution in [-0.4, -0.2) is 52.1 Å². The molecular formula is C18H23N3O4S2. The Morgan fingerprint density at radius 2 is 1.78 bits per heavy atom. The molecule has 1 saturated heterocycles. The van der Waals surface area contributed by atoms with Gasteiger partial charge in [-0.3, -0.25) is 14.4 Å². The predicted octanol–water partition coefficient (Wildman–Crippen LogP) is 2.44. The number of hydrogen-bond acceptors (Lipinski definition) is 6. The molecule has 7 nitrogen and oxygen atoms in total. The molecule has 2 N–H and O–H groups in total. The SMILES string of the molecule is Cc1cc(S(=O)(=O)Nc2ccc(NC(=O)CN3CCOCC3)cc2)c(C)s1. The van der Waals surface area contributed by atoms with Crippen LogP contribution in [0, 0.1) is 13.8 Å². The van der Waals surface area contributed by atoms with Crippen molar-refractivity contribution in [2.24, 2.45) is 0 Å². The molecule has 1 aliphatic rings. The topological polar surface area (TPSA) is 87.7 Å². The molecule has 0 atom stereocenters. The number of hydrogen-bond donors (Lipinski definition) is 2. The first-order chi connectivity index (χ1) is 12.8. The highest BCUT2D eigenvalue weighted by atomic mass is 32.2. The number of anilines is 2. The number of nitrogens with zero attached hydrogens (tertiary/aromatic N) is 1. The van der Waals surface area contributed by atoms with E-state index in [1.54, 1.807) is 37.3 Å². The fraction of sp³-hybridized carbons (Fsp3) is 0.389. The smallest absolute Gasteiger partial charge is 0.262 e. The number of benzene rings is 1. The van der Waals surface area contributed by atoms with Crippen LogP contribution in [0.25, 0.3) is 0 Å². The standard InChI is InChI=1S/C18H23N3O4S2/c1-13-11-17(14(2)26-13)27(23,24)20-16-5-3-15(4-6-16)19-18(22)12-21-7-9-25-10-8-21/h3-6,11,20H,7-10,12H2,1-2H3,(H,19,22). The van der Waals surface area contributed by atoms with E-state index in [4.69, 9.17) is 4.74 Å². The lowest BCUT2D eigenvalue weighted by Crippen LogP contribution is -2.41. The van der Waals surface area contributed by atoms with Crippen molar-refractivity contribution in [3.8, 4) is 0 Å². The molecule has 27 heavy (non-hydrogen) atoms. The van der Waals surface area contributed by atoms with Gasteiger partial charge in [0, 0.05) is 34.2 Å². The molecule has 1 amide bonds. The number of rotatable bonds is 6.